The van der Waals surface area contributed by atoms with Crippen LogP contribution in [-0.2, 0) is 0 Å². The second-order valence-electron chi connectivity index (χ2n) is 2.62. The number of halogens is 2. The van der Waals surface area contributed by atoms with Crippen molar-refractivity contribution in [3.63, 3.8) is 0 Å². The van der Waals surface area contributed by atoms with Crippen molar-refractivity contribution >= 4 is 5.69 Å². The van der Waals surface area contributed by atoms with Gasteiger partial charge in [0.15, 0.2) is 0 Å². The normalized spacial score (nSPS) is 11.8. The van der Waals surface area contributed by atoms with Gasteiger partial charge < -0.3 is 5.32 Å². The van der Waals surface area contributed by atoms with Crippen LogP contribution in [0.3, 0.4) is 0 Å². The van der Waals surface area contributed by atoms with Gasteiger partial charge in [-0.05, 0) is 25.1 Å². The summed E-state index contributed by atoms with van der Waals surface area (Å²) >= 11 is 0. The molecule has 0 aliphatic heterocycles. The summed E-state index contributed by atoms with van der Waals surface area (Å²) in [7, 11) is 0. The Morgan fingerprint density at radius 2 is 2.15 bits per heavy atom. The van der Waals surface area contributed by atoms with Crippen molar-refractivity contribution in [3.8, 4) is 6.07 Å². The molecule has 1 atom stereocenters. The average Bonchev–Trinajstić information content (AvgIpc) is 2.11. The van der Waals surface area contributed by atoms with Crippen LogP contribution >= 0.6 is 0 Å². The predicted molar refractivity (Wildman–Crippen MR) is 45.1 cm³/mol. The van der Waals surface area contributed by atoms with Crippen molar-refractivity contribution in [2.45, 2.75) is 13.0 Å². The maximum atomic E-state index is 12.9. The summed E-state index contributed by atoms with van der Waals surface area (Å²) in [5.41, 5.74) is 0.00838. The van der Waals surface area contributed by atoms with Crippen LogP contribution in [0.1, 0.15) is 6.92 Å². The zero-order chi connectivity index (χ0) is 9.84. The molecule has 2 nitrogen and oxygen atoms in total. The van der Waals surface area contributed by atoms with Crippen molar-refractivity contribution in [2.24, 2.45) is 0 Å². The highest BCUT2D eigenvalue weighted by Crippen LogP contribution is 2.15. The molecule has 0 amide bonds. The zero-order valence-electron chi connectivity index (χ0n) is 7.01. The van der Waals surface area contributed by atoms with Gasteiger partial charge >= 0.3 is 0 Å². The van der Waals surface area contributed by atoms with Gasteiger partial charge in [-0.1, -0.05) is 0 Å². The summed E-state index contributed by atoms with van der Waals surface area (Å²) in [6.07, 6.45) is 0. The van der Waals surface area contributed by atoms with Crippen LogP contribution in [0.15, 0.2) is 18.2 Å². The Kier molecular flexibility index (Phi) is 2.80. The minimum Gasteiger partial charge on any atom is -0.368 e. The zero-order valence-corrected chi connectivity index (χ0v) is 7.01. The number of nitriles is 1. The molecule has 1 aromatic rings. The first kappa shape index (κ1) is 9.46. The monoisotopic (exact) mass is 182 g/mol. The van der Waals surface area contributed by atoms with E-state index in [9.17, 15) is 8.78 Å². The van der Waals surface area contributed by atoms with E-state index in [2.05, 4.69) is 5.32 Å². The second-order valence-corrected chi connectivity index (χ2v) is 2.62. The Labute approximate surface area is 74.8 Å². The molecule has 0 spiro atoms. The van der Waals surface area contributed by atoms with Crippen LogP contribution < -0.4 is 5.32 Å². The summed E-state index contributed by atoms with van der Waals surface area (Å²) in [4.78, 5) is 0. The molecule has 0 aliphatic rings. The van der Waals surface area contributed by atoms with Crippen LogP contribution in [0.4, 0.5) is 14.5 Å². The van der Waals surface area contributed by atoms with Gasteiger partial charge in [-0.2, -0.15) is 5.26 Å². The number of nitrogens with zero attached hydrogens (tertiary/aromatic N) is 1. The van der Waals surface area contributed by atoms with Crippen LogP contribution in [0.2, 0.25) is 0 Å². The molecule has 1 N–H and O–H groups in total. The number of rotatable bonds is 2. The Morgan fingerprint density at radius 1 is 1.46 bits per heavy atom. The van der Waals surface area contributed by atoms with Gasteiger partial charge in [0.1, 0.15) is 17.7 Å². The molecule has 0 heterocycles. The fourth-order valence-electron chi connectivity index (χ4n) is 0.874. The molecule has 0 radical (unpaired) electrons. The van der Waals surface area contributed by atoms with Gasteiger partial charge in [-0.3, -0.25) is 0 Å². The molecule has 1 aromatic carbocycles. The highest BCUT2D eigenvalue weighted by atomic mass is 19.1. The molecule has 1 rings (SSSR count). The number of anilines is 1. The number of benzene rings is 1. The second kappa shape index (κ2) is 3.85. The minimum absolute atomic E-state index is 0.00838. The standard InChI is InChI=1S/C9H8F2N2/c1-6(5-12)13-9-4-7(10)2-3-8(9)11/h2-4,6,13H,1H3. The number of hydrogen-bond donors (Lipinski definition) is 1. The van der Waals surface area contributed by atoms with E-state index >= 15 is 0 Å². The molecule has 1 unspecified atom stereocenters. The third-order valence-corrected chi connectivity index (χ3v) is 1.49. The third-order valence-electron chi connectivity index (χ3n) is 1.49. The van der Waals surface area contributed by atoms with E-state index in [-0.39, 0.29) is 5.69 Å². The first-order valence-corrected chi connectivity index (χ1v) is 3.74. The molecule has 0 aliphatic carbocycles. The summed E-state index contributed by atoms with van der Waals surface area (Å²) in [6, 6.07) is 4.37. The van der Waals surface area contributed by atoms with E-state index in [1.54, 1.807) is 6.92 Å². The molecular formula is C9H8F2N2. The number of hydrogen-bond acceptors (Lipinski definition) is 2. The summed E-state index contributed by atoms with van der Waals surface area (Å²) < 4.78 is 25.5. The van der Waals surface area contributed by atoms with Crippen molar-refractivity contribution < 1.29 is 8.78 Å². The molecule has 0 saturated heterocycles. The minimum atomic E-state index is -0.566. The summed E-state index contributed by atoms with van der Waals surface area (Å²) in [5.74, 6) is -1.10. The van der Waals surface area contributed by atoms with Gasteiger partial charge in [0, 0.05) is 0 Å². The molecule has 4 heteroatoms. The first-order valence-electron chi connectivity index (χ1n) is 3.74. The van der Waals surface area contributed by atoms with E-state index < -0.39 is 17.7 Å². The quantitative estimate of drug-likeness (QED) is 0.761. The highest BCUT2D eigenvalue weighted by molar-refractivity contribution is 5.46. The average molecular weight is 182 g/mol. The van der Waals surface area contributed by atoms with Crippen LogP contribution in [0, 0.1) is 23.0 Å². The van der Waals surface area contributed by atoms with Gasteiger partial charge in [-0.15, -0.1) is 0 Å². The largest absolute Gasteiger partial charge is 0.368 e. The molecule has 0 saturated carbocycles. The highest BCUT2D eigenvalue weighted by Gasteiger charge is 2.05. The Hall–Kier alpha value is -1.63. The third kappa shape index (κ3) is 2.41. The van der Waals surface area contributed by atoms with E-state index in [1.807, 2.05) is 6.07 Å². The van der Waals surface area contributed by atoms with Crippen molar-refractivity contribution in [3.05, 3.63) is 29.8 Å². The van der Waals surface area contributed by atoms with Gasteiger partial charge in [-0.25, -0.2) is 8.78 Å². The Morgan fingerprint density at radius 3 is 2.77 bits per heavy atom. The summed E-state index contributed by atoms with van der Waals surface area (Å²) in [6.45, 7) is 1.56. The lowest BCUT2D eigenvalue weighted by atomic mass is 10.2. The van der Waals surface area contributed by atoms with Gasteiger partial charge in [0.2, 0.25) is 0 Å². The lowest BCUT2D eigenvalue weighted by Gasteiger charge is -2.08. The molecule has 0 aromatic heterocycles. The maximum Gasteiger partial charge on any atom is 0.146 e. The predicted octanol–water partition coefficient (Wildman–Crippen LogP) is 2.29. The Balaban J connectivity index is 2.88. The fraction of sp³-hybridized carbons (Fsp3) is 0.222. The molecule has 0 fully saturated rings. The van der Waals surface area contributed by atoms with E-state index in [0.29, 0.717) is 0 Å². The Bertz CT molecular complexity index is 344. The van der Waals surface area contributed by atoms with Crippen molar-refractivity contribution in [1.82, 2.24) is 0 Å². The van der Waals surface area contributed by atoms with E-state index in [0.717, 1.165) is 18.2 Å². The van der Waals surface area contributed by atoms with Gasteiger partial charge in [0.05, 0.1) is 11.8 Å². The summed E-state index contributed by atoms with van der Waals surface area (Å²) in [5, 5.41) is 11.0. The lowest BCUT2D eigenvalue weighted by Crippen LogP contribution is -2.13. The van der Waals surface area contributed by atoms with Crippen molar-refractivity contribution in [1.29, 1.82) is 5.26 Å². The molecule has 68 valence electrons. The van der Waals surface area contributed by atoms with Gasteiger partial charge in [0.25, 0.3) is 0 Å². The molecular weight excluding hydrogens is 174 g/mol. The van der Waals surface area contributed by atoms with Crippen LogP contribution in [0.5, 0.6) is 0 Å². The molecule has 0 bridgehead atoms. The fourth-order valence-corrected chi connectivity index (χ4v) is 0.874. The van der Waals surface area contributed by atoms with E-state index in [4.69, 9.17) is 5.26 Å². The van der Waals surface area contributed by atoms with Crippen molar-refractivity contribution in [2.75, 3.05) is 5.32 Å². The SMILES string of the molecule is CC(C#N)Nc1cc(F)ccc1F. The lowest BCUT2D eigenvalue weighted by molar-refractivity contribution is 0.602. The number of nitrogens with one attached hydrogen (secondary N) is 1. The van der Waals surface area contributed by atoms with E-state index in [1.165, 1.54) is 0 Å². The van der Waals surface area contributed by atoms with Crippen LogP contribution in [0.25, 0.3) is 0 Å². The smallest absolute Gasteiger partial charge is 0.146 e. The van der Waals surface area contributed by atoms with Crippen LogP contribution in [-0.4, -0.2) is 6.04 Å². The molecule has 13 heavy (non-hydrogen) atoms. The topological polar surface area (TPSA) is 35.8 Å². The first-order chi connectivity index (χ1) is 6.13. The maximum absolute atomic E-state index is 12.9.